The van der Waals surface area contributed by atoms with Crippen molar-refractivity contribution in [3.8, 4) is 0 Å². The second kappa shape index (κ2) is 7.04. The van der Waals surface area contributed by atoms with E-state index in [-0.39, 0.29) is 10.9 Å². The topological polar surface area (TPSA) is 82.4 Å². The summed E-state index contributed by atoms with van der Waals surface area (Å²) < 4.78 is 0.967. The number of hydrogen-bond acceptors (Lipinski definition) is 4. The molecule has 0 spiro atoms. The molecule has 1 aromatic heterocycles. The molecule has 6 nitrogen and oxygen atoms in total. The molecule has 0 aliphatic rings. The lowest BCUT2D eigenvalue weighted by Gasteiger charge is -2.06. The molecule has 0 aliphatic carbocycles. The Balaban J connectivity index is 2.12. The Morgan fingerprint density at radius 1 is 1.25 bits per heavy atom. The zero-order valence-corrected chi connectivity index (χ0v) is 12.5. The second-order valence-corrected chi connectivity index (χ2v) is 4.90. The maximum atomic E-state index is 9.09. The summed E-state index contributed by atoms with van der Waals surface area (Å²) in [6.45, 7) is 0. The van der Waals surface area contributed by atoms with Crippen LogP contribution in [-0.4, -0.2) is 26.1 Å². The summed E-state index contributed by atoms with van der Waals surface area (Å²) in [4.78, 5) is 11.9. The van der Waals surface area contributed by atoms with Crippen molar-refractivity contribution in [1.82, 2.24) is 15.4 Å². The molecule has 1 heterocycles. The van der Waals surface area contributed by atoms with E-state index in [4.69, 9.17) is 17.4 Å². The fraction of sp³-hybridized carbons (Fsp3) is 0. The predicted molar refractivity (Wildman–Crippen MR) is 83.9 cm³/mol. The Morgan fingerprint density at radius 3 is 2.60 bits per heavy atom. The molecule has 102 valence electrons. The number of thiocarbonyl (C=S) groups is 1. The molecule has 0 amide bonds. The highest BCUT2D eigenvalue weighted by atomic mass is 79.9. The molecule has 8 heteroatoms. The van der Waals surface area contributed by atoms with Gasteiger partial charge in [0.05, 0.1) is 6.20 Å². The molecular weight excluding hydrogens is 342 g/mol. The van der Waals surface area contributed by atoms with Gasteiger partial charge in [0.25, 0.3) is 0 Å². The number of rotatable bonds is 2. The third kappa shape index (κ3) is 4.05. The van der Waals surface area contributed by atoms with Crippen molar-refractivity contribution in [2.45, 2.75) is 0 Å². The third-order valence-electron chi connectivity index (χ3n) is 2.22. The number of hydrogen-bond donors (Lipinski definition) is 3. The van der Waals surface area contributed by atoms with Crippen molar-refractivity contribution < 1.29 is 5.21 Å². The van der Waals surface area contributed by atoms with E-state index in [0.29, 0.717) is 5.69 Å². The fourth-order valence-corrected chi connectivity index (χ4v) is 1.82. The van der Waals surface area contributed by atoms with Crippen LogP contribution in [-0.2, 0) is 0 Å². The SMILES string of the molecule is ON/C(=N\C(=S)Nc1ccc(Br)cc1)c1cnccn1. The Hall–Kier alpha value is -1.90. The van der Waals surface area contributed by atoms with Crippen LogP contribution >= 0.6 is 28.1 Å². The molecule has 0 radical (unpaired) electrons. The maximum Gasteiger partial charge on any atom is 0.199 e. The van der Waals surface area contributed by atoms with Gasteiger partial charge >= 0.3 is 0 Å². The van der Waals surface area contributed by atoms with E-state index in [2.05, 4.69) is 36.2 Å². The van der Waals surface area contributed by atoms with Gasteiger partial charge in [0.1, 0.15) is 5.69 Å². The number of amidine groups is 1. The third-order valence-corrected chi connectivity index (χ3v) is 2.94. The van der Waals surface area contributed by atoms with Crippen LogP contribution in [0.25, 0.3) is 0 Å². The van der Waals surface area contributed by atoms with Crippen LogP contribution in [0, 0.1) is 0 Å². The first-order valence-corrected chi connectivity index (χ1v) is 6.71. The highest BCUT2D eigenvalue weighted by Crippen LogP contribution is 2.14. The van der Waals surface area contributed by atoms with Gasteiger partial charge in [-0.15, -0.1) is 0 Å². The summed E-state index contributed by atoms with van der Waals surface area (Å²) in [5, 5.41) is 12.2. The summed E-state index contributed by atoms with van der Waals surface area (Å²) >= 11 is 8.45. The molecule has 0 aliphatic heterocycles. The minimum absolute atomic E-state index is 0.118. The van der Waals surface area contributed by atoms with Gasteiger partial charge in [0.15, 0.2) is 10.9 Å². The number of aromatic nitrogens is 2. The zero-order valence-electron chi connectivity index (χ0n) is 10.1. The van der Waals surface area contributed by atoms with Gasteiger partial charge in [0.2, 0.25) is 0 Å². The number of anilines is 1. The number of aliphatic imine (C=N–C) groups is 1. The summed E-state index contributed by atoms with van der Waals surface area (Å²) in [6.07, 6.45) is 4.48. The second-order valence-electron chi connectivity index (χ2n) is 3.60. The van der Waals surface area contributed by atoms with Crippen molar-refractivity contribution in [2.24, 2.45) is 4.99 Å². The molecule has 0 unspecified atom stereocenters. The first kappa shape index (κ1) is 14.5. The van der Waals surface area contributed by atoms with E-state index in [1.165, 1.54) is 18.6 Å². The van der Waals surface area contributed by atoms with Crippen LogP contribution in [0.2, 0.25) is 0 Å². The lowest BCUT2D eigenvalue weighted by atomic mass is 10.3. The lowest BCUT2D eigenvalue weighted by Crippen LogP contribution is -2.24. The number of nitrogens with one attached hydrogen (secondary N) is 2. The minimum atomic E-state index is 0.118. The van der Waals surface area contributed by atoms with E-state index < -0.39 is 0 Å². The highest BCUT2D eigenvalue weighted by Gasteiger charge is 2.05. The van der Waals surface area contributed by atoms with Gasteiger partial charge in [-0.05, 0) is 36.5 Å². The smallest absolute Gasteiger partial charge is 0.199 e. The van der Waals surface area contributed by atoms with Gasteiger partial charge in [-0.1, -0.05) is 15.9 Å². The maximum absolute atomic E-state index is 9.09. The van der Waals surface area contributed by atoms with Crippen molar-refractivity contribution in [3.63, 3.8) is 0 Å². The first-order chi connectivity index (χ1) is 9.69. The molecule has 0 fully saturated rings. The van der Waals surface area contributed by atoms with E-state index in [1.54, 1.807) is 0 Å². The quantitative estimate of drug-likeness (QED) is 0.333. The molecule has 0 bridgehead atoms. The van der Waals surface area contributed by atoms with Crippen molar-refractivity contribution >= 4 is 44.8 Å². The van der Waals surface area contributed by atoms with Gasteiger partial charge in [-0.3, -0.25) is 15.7 Å². The molecule has 2 rings (SSSR count). The monoisotopic (exact) mass is 351 g/mol. The summed E-state index contributed by atoms with van der Waals surface area (Å²) in [6, 6.07) is 7.45. The number of nitrogens with zero attached hydrogens (tertiary/aromatic N) is 3. The Labute approximate surface area is 129 Å². The van der Waals surface area contributed by atoms with Crippen LogP contribution in [0.4, 0.5) is 5.69 Å². The number of hydroxylamine groups is 1. The van der Waals surface area contributed by atoms with Crippen LogP contribution in [0.15, 0.2) is 52.3 Å². The largest absolute Gasteiger partial charge is 0.331 e. The zero-order chi connectivity index (χ0) is 14.4. The van der Waals surface area contributed by atoms with E-state index in [9.17, 15) is 0 Å². The van der Waals surface area contributed by atoms with Gasteiger partial charge in [0, 0.05) is 22.6 Å². The molecule has 2 aromatic rings. The molecule has 0 atom stereocenters. The average Bonchev–Trinajstić information content (AvgIpc) is 2.48. The highest BCUT2D eigenvalue weighted by molar-refractivity contribution is 9.10. The Kier molecular flexibility index (Phi) is 5.10. The van der Waals surface area contributed by atoms with Gasteiger partial charge in [-0.2, -0.15) is 4.99 Å². The van der Waals surface area contributed by atoms with Gasteiger partial charge in [-0.25, -0.2) is 4.98 Å². The van der Waals surface area contributed by atoms with E-state index in [0.717, 1.165) is 10.2 Å². The van der Waals surface area contributed by atoms with Crippen LogP contribution in [0.5, 0.6) is 0 Å². The van der Waals surface area contributed by atoms with Crippen molar-refractivity contribution in [1.29, 1.82) is 0 Å². The predicted octanol–water partition coefficient (Wildman–Crippen LogP) is 2.36. The molecule has 3 N–H and O–H groups in total. The average molecular weight is 352 g/mol. The van der Waals surface area contributed by atoms with E-state index in [1.807, 2.05) is 29.7 Å². The summed E-state index contributed by atoms with van der Waals surface area (Å²) in [5.74, 6) is 0.118. The molecule has 0 saturated carbocycles. The molecular formula is C12H10BrN5OS. The van der Waals surface area contributed by atoms with E-state index >= 15 is 0 Å². The number of benzene rings is 1. The molecule has 1 aromatic carbocycles. The van der Waals surface area contributed by atoms with Crippen LogP contribution < -0.4 is 10.8 Å². The Bertz CT molecular complexity index is 618. The molecule has 0 saturated heterocycles. The summed E-state index contributed by atoms with van der Waals surface area (Å²) in [7, 11) is 0. The fourth-order valence-electron chi connectivity index (χ4n) is 1.35. The summed E-state index contributed by atoms with van der Waals surface area (Å²) in [5.41, 5.74) is 3.13. The molecule has 20 heavy (non-hydrogen) atoms. The first-order valence-electron chi connectivity index (χ1n) is 5.51. The Morgan fingerprint density at radius 2 is 2.00 bits per heavy atom. The minimum Gasteiger partial charge on any atom is -0.331 e. The lowest BCUT2D eigenvalue weighted by molar-refractivity contribution is 0.235. The van der Waals surface area contributed by atoms with Crippen LogP contribution in [0.3, 0.4) is 0 Å². The van der Waals surface area contributed by atoms with Crippen molar-refractivity contribution in [3.05, 3.63) is 53.0 Å². The van der Waals surface area contributed by atoms with Crippen molar-refractivity contribution in [2.75, 3.05) is 5.32 Å². The van der Waals surface area contributed by atoms with Gasteiger partial charge < -0.3 is 5.32 Å². The normalized spacial score (nSPS) is 11.0. The van der Waals surface area contributed by atoms with Crippen LogP contribution in [0.1, 0.15) is 5.69 Å². The standard InChI is InChI=1S/C12H10BrN5OS/c13-8-1-3-9(4-2-8)16-12(20)17-11(18-19)10-7-14-5-6-15-10/h1-7,19H,(H2,16,17,18,20). The number of halogens is 1.